The van der Waals surface area contributed by atoms with Crippen molar-refractivity contribution in [3.05, 3.63) is 53.0 Å². The van der Waals surface area contributed by atoms with Crippen LogP contribution in [0.3, 0.4) is 0 Å². The van der Waals surface area contributed by atoms with Crippen LogP contribution in [0.4, 0.5) is 5.82 Å². The van der Waals surface area contributed by atoms with Gasteiger partial charge in [0.2, 0.25) is 0 Å². The lowest BCUT2D eigenvalue weighted by atomic mass is 10.1. The van der Waals surface area contributed by atoms with E-state index in [1.54, 1.807) is 6.33 Å². The molecule has 0 N–H and O–H groups in total. The number of benzene rings is 1. The van der Waals surface area contributed by atoms with Crippen molar-refractivity contribution in [2.75, 3.05) is 11.4 Å². The molecule has 1 unspecified atom stereocenters. The van der Waals surface area contributed by atoms with E-state index in [-0.39, 0.29) is 0 Å². The normalized spacial score (nSPS) is 20.5. The van der Waals surface area contributed by atoms with Crippen molar-refractivity contribution in [3.63, 3.8) is 0 Å². The highest BCUT2D eigenvalue weighted by Gasteiger charge is 2.33. The first kappa shape index (κ1) is 11.0. The molecular formula is C16H17N3. The first-order valence-corrected chi connectivity index (χ1v) is 6.99. The molecule has 0 amide bonds. The molecule has 0 saturated heterocycles. The van der Waals surface area contributed by atoms with Crippen molar-refractivity contribution in [1.29, 1.82) is 0 Å². The summed E-state index contributed by atoms with van der Waals surface area (Å²) < 4.78 is 0. The van der Waals surface area contributed by atoms with Crippen molar-refractivity contribution in [2.45, 2.75) is 32.2 Å². The second kappa shape index (κ2) is 4.05. The topological polar surface area (TPSA) is 29.0 Å². The number of aromatic nitrogens is 2. The highest BCUT2D eigenvalue weighted by Crippen LogP contribution is 2.41. The van der Waals surface area contributed by atoms with E-state index < -0.39 is 0 Å². The quantitative estimate of drug-likeness (QED) is 0.780. The van der Waals surface area contributed by atoms with Crippen LogP contribution in [-0.4, -0.2) is 16.5 Å². The van der Waals surface area contributed by atoms with Gasteiger partial charge in [-0.2, -0.15) is 0 Å². The molecule has 3 heteroatoms. The maximum atomic E-state index is 4.53. The largest absolute Gasteiger partial charge is 0.349 e. The van der Waals surface area contributed by atoms with Gasteiger partial charge in [0.25, 0.3) is 0 Å². The monoisotopic (exact) mass is 251 g/mol. The van der Waals surface area contributed by atoms with E-state index in [1.807, 2.05) is 0 Å². The van der Waals surface area contributed by atoms with Crippen molar-refractivity contribution >= 4 is 5.82 Å². The molecule has 0 fully saturated rings. The molecule has 0 bridgehead atoms. The summed E-state index contributed by atoms with van der Waals surface area (Å²) in [6, 6.07) is 9.34. The van der Waals surface area contributed by atoms with Crippen LogP contribution in [0.1, 0.15) is 34.8 Å². The molecule has 2 heterocycles. The molecule has 96 valence electrons. The number of hydrogen-bond acceptors (Lipinski definition) is 3. The maximum Gasteiger partial charge on any atom is 0.136 e. The first-order valence-electron chi connectivity index (χ1n) is 6.99. The Hall–Kier alpha value is -1.90. The van der Waals surface area contributed by atoms with E-state index in [1.165, 1.54) is 29.5 Å². The Morgan fingerprint density at radius 3 is 3.00 bits per heavy atom. The van der Waals surface area contributed by atoms with Crippen molar-refractivity contribution in [3.8, 4) is 0 Å². The van der Waals surface area contributed by atoms with Crippen molar-refractivity contribution in [2.24, 2.45) is 0 Å². The van der Waals surface area contributed by atoms with E-state index in [0.29, 0.717) is 6.04 Å². The molecule has 2 aliphatic rings. The molecule has 1 aliphatic carbocycles. The van der Waals surface area contributed by atoms with Gasteiger partial charge in [0, 0.05) is 17.8 Å². The summed E-state index contributed by atoms with van der Waals surface area (Å²) in [5, 5.41) is 0. The second-order valence-electron chi connectivity index (χ2n) is 5.46. The summed E-state index contributed by atoms with van der Waals surface area (Å²) in [6.45, 7) is 3.17. The Morgan fingerprint density at radius 2 is 2.05 bits per heavy atom. The molecule has 0 radical (unpaired) electrons. The molecule has 1 aliphatic heterocycles. The van der Waals surface area contributed by atoms with Gasteiger partial charge in [-0.15, -0.1) is 0 Å². The van der Waals surface area contributed by atoms with E-state index in [2.05, 4.69) is 46.1 Å². The lowest BCUT2D eigenvalue weighted by molar-refractivity contribution is 0.628. The fourth-order valence-electron chi connectivity index (χ4n) is 3.53. The molecule has 1 aromatic heterocycles. The maximum absolute atomic E-state index is 4.53. The van der Waals surface area contributed by atoms with Gasteiger partial charge >= 0.3 is 0 Å². The minimum Gasteiger partial charge on any atom is -0.349 e. The lowest BCUT2D eigenvalue weighted by Crippen LogP contribution is -2.25. The van der Waals surface area contributed by atoms with Crippen LogP contribution < -0.4 is 4.90 Å². The van der Waals surface area contributed by atoms with Gasteiger partial charge in [-0.3, -0.25) is 0 Å². The van der Waals surface area contributed by atoms with E-state index >= 15 is 0 Å². The average molecular weight is 251 g/mol. The standard InChI is InChI=1S/C16H17N3/c1-11-13-8-9-19(16(13)18-10-17-11)15-7-6-12-4-2-3-5-14(12)15/h2-5,10,15H,6-9H2,1H3. The molecule has 0 saturated carbocycles. The smallest absolute Gasteiger partial charge is 0.136 e. The number of hydrogen-bond donors (Lipinski definition) is 0. The van der Waals surface area contributed by atoms with Crippen LogP contribution in [0.25, 0.3) is 0 Å². The third-order valence-corrected chi connectivity index (χ3v) is 4.49. The van der Waals surface area contributed by atoms with Crippen LogP contribution in [0.5, 0.6) is 0 Å². The molecule has 4 rings (SSSR count). The van der Waals surface area contributed by atoms with E-state index in [0.717, 1.165) is 24.5 Å². The number of rotatable bonds is 1. The fourth-order valence-corrected chi connectivity index (χ4v) is 3.53. The highest BCUT2D eigenvalue weighted by atomic mass is 15.2. The summed E-state index contributed by atoms with van der Waals surface area (Å²) in [7, 11) is 0. The zero-order valence-corrected chi connectivity index (χ0v) is 11.1. The molecule has 3 nitrogen and oxygen atoms in total. The molecule has 0 spiro atoms. The predicted molar refractivity (Wildman–Crippen MR) is 75.3 cm³/mol. The van der Waals surface area contributed by atoms with E-state index in [9.17, 15) is 0 Å². The summed E-state index contributed by atoms with van der Waals surface area (Å²) in [6.07, 6.45) is 5.19. The van der Waals surface area contributed by atoms with Gasteiger partial charge in [0.1, 0.15) is 12.1 Å². The van der Waals surface area contributed by atoms with Gasteiger partial charge in [0.05, 0.1) is 6.04 Å². The van der Waals surface area contributed by atoms with Crippen LogP contribution in [0.15, 0.2) is 30.6 Å². The van der Waals surface area contributed by atoms with E-state index in [4.69, 9.17) is 0 Å². The summed E-state index contributed by atoms with van der Waals surface area (Å²) in [4.78, 5) is 11.3. The molecule has 1 aromatic carbocycles. The third-order valence-electron chi connectivity index (χ3n) is 4.49. The van der Waals surface area contributed by atoms with Gasteiger partial charge in [0.15, 0.2) is 0 Å². The van der Waals surface area contributed by atoms with Gasteiger partial charge in [-0.25, -0.2) is 9.97 Å². The number of nitrogens with zero attached hydrogens (tertiary/aromatic N) is 3. The number of fused-ring (bicyclic) bond motifs is 2. The van der Waals surface area contributed by atoms with Crippen LogP contribution in [-0.2, 0) is 12.8 Å². The third kappa shape index (κ3) is 1.57. The SMILES string of the molecule is Cc1ncnc2c1CCN2C1CCc2ccccc21. The van der Waals surface area contributed by atoms with Crippen LogP contribution >= 0.6 is 0 Å². The fraction of sp³-hybridized carbons (Fsp3) is 0.375. The molecular weight excluding hydrogens is 234 g/mol. The minimum atomic E-state index is 0.506. The summed E-state index contributed by atoms with van der Waals surface area (Å²) in [5.74, 6) is 1.16. The summed E-state index contributed by atoms with van der Waals surface area (Å²) >= 11 is 0. The van der Waals surface area contributed by atoms with Crippen LogP contribution in [0.2, 0.25) is 0 Å². The van der Waals surface area contributed by atoms with Gasteiger partial charge in [-0.05, 0) is 37.3 Å². The Kier molecular flexibility index (Phi) is 2.34. The van der Waals surface area contributed by atoms with Gasteiger partial charge in [-0.1, -0.05) is 24.3 Å². The Labute approximate surface area is 113 Å². The Balaban J connectivity index is 1.76. The van der Waals surface area contributed by atoms with Gasteiger partial charge < -0.3 is 4.90 Å². The Bertz CT molecular complexity index is 636. The first-order chi connectivity index (χ1) is 9.34. The Morgan fingerprint density at radius 1 is 1.16 bits per heavy atom. The molecule has 2 aromatic rings. The van der Waals surface area contributed by atoms with Crippen molar-refractivity contribution in [1.82, 2.24) is 9.97 Å². The average Bonchev–Trinajstić information content (AvgIpc) is 3.02. The van der Waals surface area contributed by atoms with Crippen molar-refractivity contribution < 1.29 is 0 Å². The van der Waals surface area contributed by atoms with Crippen LogP contribution in [0, 0.1) is 6.92 Å². The zero-order chi connectivity index (χ0) is 12.8. The number of aryl methyl sites for hydroxylation is 2. The zero-order valence-electron chi connectivity index (χ0n) is 11.1. The number of anilines is 1. The highest BCUT2D eigenvalue weighted by molar-refractivity contribution is 5.56. The molecule has 19 heavy (non-hydrogen) atoms. The second-order valence-corrected chi connectivity index (χ2v) is 5.46. The minimum absolute atomic E-state index is 0.506. The predicted octanol–water partition coefficient (Wildman–Crippen LogP) is 2.84. The summed E-state index contributed by atoms with van der Waals surface area (Å²) in [5.41, 5.74) is 5.48. The lowest BCUT2D eigenvalue weighted by Gasteiger charge is -2.26. The molecule has 1 atom stereocenters.